The third-order valence-electron chi connectivity index (χ3n) is 9.42. The van der Waals surface area contributed by atoms with Crippen molar-refractivity contribution in [3.63, 3.8) is 0 Å². The molecule has 41 heavy (non-hydrogen) atoms. The molecule has 0 saturated carbocycles. The first-order valence-corrected chi connectivity index (χ1v) is 14.5. The monoisotopic (exact) mass is 524 g/mol. The van der Waals surface area contributed by atoms with Crippen LogP contribution in [0.4, 0.5) is 0 Å². The summed E-state index contributed by atoms with van der Waals surface area (Å²) in [4.78, 5) is 0. The fraction of sp³-hybridized carbons (Fsp3) is 0.100. The summed E-state index contributed by atoms with van der Waals surface area (Å²) in [6, 6.07) is 42.4. The van der Waals surface area contributed by atoms with E-state index in [-0.39, 0.29) is 0 Å². The summed E-state index contributed by atoms with van der Waals surface area (Å²) in [6.07, 6.45) is 0. The smallest absolute Gasteiger partial charge is 0.0827 e. The minimum atomic E-state index is 1.24. The minimum Gasteiger partial charge on any atom is -0.0827 e. The van der Waals surface area contributed by atoms with Gasteiger partial charge in [0.25, 0.3) is 0 Å². The molecule has 7 aromatic rings. The van der Waals surface area contributed by atoms with E-state index in [2.05, 4.69) is 151 Å². The summed E-state index contributed by atoms with van der Waals surface area (Å²) in [5.74, 6) is 0. The van der Waals surface area contributed by atoms with Gasteiger partial charge in [0.05, 0.1) is 0 Å². The molecular formula is C40H33B. The molecule has 0 unspecified atom stereocenters. The molecule has 1 heteroatoms. The van der Waals surface area contributed by atoms with E-state index in [0.29, 0.717) is 0 Å². The van der Waals surface area contributed by atoms with Crippen molar-refractivity contribution in [3.8, 4) is 33.4 Å². The molecule has 0 aliphatic carbocycles. The predicted octanol–water partition coefficient (Wildman–Crippen LogP) is 9.64. The van der Waals surface area contributed by atoms with Gasteiger partial charge in [-0.1, -0.05) is 120 Å². The van der Waals surface area contributed by atoms with E-state index in [9.17, 15) is 0 Å². The summed E-state index contributed by atoms with van der Waals surface area (Å²) in [5.41, 5.74) is 14.7. The van der Waals surface area contributed by atoms with E-state index in [1.807, 2.05) is 0 Å². The van der Waals surface area contributed by atoms with Gasteiger partial charge in [-0.2, -0.15) is 0 Å². The van der Waals surface area contributed by atoms with Crippen molar-refractivity contribution in [1.82, 2.24) is 0 Å². The lowest BCUT2D eigenvalue weighted by Crippen LogP contribution is -2.16. The maximum absolute atomic E-state index is 2.40. The molecule has 0 saturated heterocycles. The zero-order chi connectivity index (χ0) is 28.2. The summed E-state index contributed by atoms with van der Waals surface area (Å²) in [7, 11) is 2.26. The van der Waals surface area contributed by atoms with Gasteiger partial charge in [0.15, 0.2) is 0 Å². The van der Waals surface area contributed by atoms with E-state index in [0.717, 1.165) is 0 Å². The predicted molar refractivity (Wildman–Crippen MR) is 182 cm³/mol. The number of hydrogen-bond acceptors (Lipinski definition) is 0. The summed E-state index contributed by atoms with van der Waals surface area (Å²) in [5, 5.41) is 7.76. The Morgan fingerprint density at radius 1 is 0.390 bits per heavy atom. The van der Waals surface area contributed by atoms with Gasteiger partial charge >= 0.3 is 0 Å². The second kappa shape index (κ2) is 9.79. The van der Waals surface area contributed by atoms with Crippen molar-refractivity contribution in [1.29, 1.82) is 0 Å². The lowest BCUT2D eigenvalue weighted by atomic mass is 9.76. The Hall–Kier alpha value is -4.62. The molecular weight excluding hydrogens is 491 g/mol. The van der Waals surface area contributed by atoms with Crippen LogP contribution in [0.3, 0.4) is 0 Å². The van der Waals surface area contributed by atoms with Crippen LogP contribution in [0, 0.1) is 27.7 Å². The third kappa shape index (κ3) is 3.91. The van der Waals surface area contributed by atoms with Crippen LogP contribution in [0.2, 0.25) is 0 Å². The molecule has 0 atom stereocenters. The molecule has 0 heterocycles. The van der Waals surface area contributed by atoms with Gasteiger partial charge in [-0.05, 0) is 117 Å². The van der Waals surface area contributed by atoms with Crippen molar-refractivity contribution in [2.24, 2.45) is 0 Å². The molecule has 0 amide bonds. The zero-order valence-corrected chi connectivity index (χ0v) is 24.5. The van der Waals surface area contributed by atoms with E-state index < -0.39 is 0 Å². The van der Waals surface area contributed by atoms with Gasteiger partial charge in [-0.3, -0.25) is 0 Å². The van der Waals surface area contributed by atoms with Gasteiger partial charge in [-0.15, -0.1) is 0 Å². The molecule has 0 bridgehead atoms. The largest absolute Gasteiger partial charge is 0.140 e. The van der Waals surface area contributed by atoms with Crippen LogP contribution in [0.15, 0.2) is 115 Å². The Morgan fingerprint density at radius 3 is 1.41 bits per heavy atom. The Kier molecular flexibility index (Phi) is 6.05. The first kappa shape index (κ1) is 25.4. The molecule has 196 valence electrons. The molecule has 0 aliphatic heterocycles. The molecule has 0 nitrogen and oxygen atoms in total. The second-order valence-electron chi connectivity index (χ2n) is 11.5. The van der Waals surface area contributed by atoms with E-state index in [4.69, 9.17) is 0 Å². The lowest BCUT2D eigenvalue weighted by molar-refractivity contribution is 1.28. The standard InChI is InChI=1S/C40H33B/c1-24-26(3)40(41)27(4)25(2)37(24)39-34-20-12-10-18-32(34)38(33-19-11-13-21-35(33)39)36-23-30(28-14-6-5-7-15-28)22-29-16-8-9-17-31(29)36/h5-23H,41H2,1-4H3. The van der Waals surface area contributed by atoms with E-state index >= 15 is 0 Å². The highest BCUT2D eigenvalue weighted by Crippen LogP contribution is 2.47. The van der Waals surface area contributed by atoms with E-state index in [1.165, 1.54) is 93.4 Å². The van der Waals surface area contributed by atoms with Crippen LogP contribution < -0.4 is 5.46 Å². The summed E-state index contributed by atoms with van der Waals surface area (Å²) < 4.78 is 0. The fourth-order valence-electron chi connectivity index (χ4n) is 6.88. The number of rotatable bonds is 3. The van der Waals surface area contributed by atoms with Crippen LogP contribution in [0.25, 0.3) is 65.7 Å². The van der Waals surface area contributed by atoms with Gasteiger partial charge in [0, 0.05) is 0 Å². The van der Waals surface area contributed by atoms with Crippen molar-refractivity contribution in [2.75, 3.05) is 0 Å². The molecule has 7 aromatic carbocycles. The van der Waals surface area contributed by atoms with Crippen molar-refractivity contribution in [2.45, 2.75) is 27.7 Å². The SMILES string of the molecule is Bc1c(C)c(C)c(-c2c3ccccc3c(-c3cc(-c4ccccc4)cc4ccccc34)c3ccccc23)c(C)c1C. The molecule has 7 rings (SSSR count). The maximum atomic E-state index is 2.40. The Labute approximate surface area is 243 Å². The highest BCUT2D eigenvalue weighted by molar-refractivity contribution is 6.35. The summed E-state index contributed by atoms with van der Waals surface area (Å²) in [6.45, 7) is 9.16. The minimum absolute atomic E-state index is 1.24. The van der Waals surface area contributed by atoms with Crippen LogP contribution in [-0.2, 0) is 0 Å². The number of fused-ring (bicyclic) bond motifs is 3. The normalized spacial score (nSPS) is 11.5. The highest BCUT2D eigenvalue weighted by atomic mass is 14.2. The van der Waals surface area contributed by atoms with E-state index in [1.54, 1.807) is 0 Å². The highest BCUT2D eigenvalue weighted by Gasteiger charge is 2.22. The second-order valence-corrected chi connectivity index (χ2v) is 11.5. The number of benzene rings is 7. The van der Waals surface area contributed by atoms with Gasteiger partial charge in [-0.25, -0.2) is 0 Å². The zero-order valence-electron chi connectivity index (χ0n) is 24.5. The topological polar surface area (TPSA) is 0 Å². The number of hydrogen-bond donors (Lipinski definition) is 0. The Balaban J connectivity index is 1.68. The third-order valence-corrected chi connectivity index (χ3v) is 9.42. The fourth-order valence-corrected chi connectivity index (χ4v) is 6.88. The van der Waals surface area contributed by atoms with Gasteiger partial charge in [0.2, 0.25) is 0 Å². The van der Waals surface area contributed by atoms with Crippen molar-refractivity contribution >= 4 is 45.6 Å². The van der Waals surface area contributed by atoms with Crippen LogP contribution in [-0.4, -0.2) is 7.85 Å². The average Bonchev–Trinajstić information content (AvgIpc) is 3.02. The molecule has 0 radical (unpaired) electrons. The van der Waals surface area contributed by atoms with Crippen LogP contribution in [0.1, 0.15) is 22.3 Å². The molecule has 0 spiro atoms. The van der Waals surface area contributed by atoms with Crippen molar-refractivity contribution in [3.05, 3.63) is 138 Å². The van der Waals surface area contributed by atoms with Crippen molar-refractivity contribution < 1.29 is 0 Å². The first-order valence-electron chi connectivity index (χ1n) is 14.5. The van der Waals surface area contributed by atoms with Gasteiger partial charge in [0.1, 0.15) is 7.85 Å². The Morgan fingerprint density at radius 2 is 0.854 bits per heavy atom. The summed E-state index contributed by atoms with van der Waals surface area (Å²) >= 11 is 0. The molecule has 0 aromatic heterocycles. The lowest BCUT2D eigenvalue weighted by Gasteiger charge is -2.24. The Bertz CT molecular complexity index is 2050. The molecule has 0 N–H and O–H groups in total. The van der Waals surface area contributed by atoms with Crippen LogP contribution in [0.5, 0.6) is 0 Å². The molecule has 0 aliphatic rings. The molecule has 0 fully saturated rings. The van der Waals surface area contributed by atoms with Crippen LogP contribution >= 0.6 is 0 Å². The quantitative estimate of drug-likeness (QED) is 0.159. The van der Waals surface area contributed by atoms with Gasteiger partial charge < -0.3 is 0 Å². The first-order chi connectivity index (χ1) is 20.0. The average molecular weight is 525 g/mol. The maximum Gasteiger partial charge on any atom is 0.140 e.